The number of carboxylic acid groups (broad SMARTS) is 1. The summed E-state index contributed by atoms with van der Waals surface area (Å²) < 4.78 is 0. The highest BCUT2D eigenvalue weighted by atomic mass is 16.6. The number of amides is 1. The number of carboxylic acids is 1. The van der Waals surface area contributed by atoms with Crippen LogP contribution < -0.4 is 10.4 Å². The van der Waals surface area contributed by atoms with Gasteiger partial charge in [0.2, 0.25) is 0 Å². The molecular weight excluding hydrogens is 300 g/mol. The number of carbonyl (C=O) groups excluding carboxylic acids is 2. The van der Waals surface area contributed by atoms with Crippen LogP contribution in [0.25, 0.3) is 0 Å². The van der Waals surface area contributed by atoms with Crippen molar-refractivity contribution in [2.45, 2.75) is 13.8 Å². The monoisotopic (exact) mass is 313 g/mol. The molecule has 0 bridgehead atoms. The summed E-state index contributed by atoms with van der Waals surface area (Å²) in [6.45, 7) is 3.19. The standard InChI is InChI=1S/C16H14N2O5/c1-9-6-7-11(16(20)21)8-13(9)17-15(19)12-4-3-5-14(10(12)2)18(22)23/h3-8H,1-2H3,(H,17,19)(H,20,21)/p-1. The first kappa shape index (κ1) is 16.2. The molecule has 2 aromatic carbocycles. The van der Waals surface area contributed by atoms with Crippen LogP contribution in [-0.4, -0.2) is 16.8 Å². The van der Waals surface area contributed by atoms with Gasteiger partial charge in [0, 0.05) is 22.9 Å². The zero-order chi connectivity index (χ0) is 17.1. The molecule has 0 atom stereocenters. The van der Waals surface area contributed by atoms with Crippen molar-refractivity contribution in [1.29, 1.82) is 0 Å². The quantitative estimate of drug-likeness (QED) is 0.683. The summed E-state index contributed by atoms with van der Waals surface area (Å²) in [7, 11) is 0. The van der Waals surface area contributed by atoms with E-state index in [1.54, 1.807) is 13.0 Å². The second kappa shape index (κ2) is 6.27. The summed E-state index contributed by atoms with van der Waals surface area (Å²) in [5.41, 5.74) is 1.13. The van der Waals surface area contributed by atoms with Gasteiger partial charge in [0.15, 0.2) is 0 Å². The van der Waals surface area contributed by atoms with Gasteiger partial charge >= 0.3 is 0 Å². The van der Waals surface area contributed by atoms with Crippen LogP contribution in [-0.2, 0) is 0 Å². The van der Waals surface area contributed by atoms with Crippen molar-refractivity contribution < 1.29 is 19.6 Å². The summed E-state index contributed by atoms with van der Waals surface area (Å²) in [6.07, 6.45) is 0. The fraction of sp³-hybridized carbons (Fsp3) is 0.125. The zero-order valence-electron chi connectivity index (χ0n) is 12.5. The molecule has 2 rings (SSSR count). The van der Waals surface area contributed by atoms with E-state index < -0.39 is 16.8 Å². The molecule has 0 saturated carbocycles. The number of nitrogens with zero attached hydrogens (tertiary/aromatic N) is 1. The minimum absolute atomic E-state index is 0.0679. The Hall–Kier alpha value is -3.22. The van der Waals surface area contributed by atoms with Gasteiger partial charge in [-0.1, -0.05) is 18.2 Å². The normalized spacial score (nSPS) is 10.2. The molecule has 1 N–H and O–H groups in total. The van der Waals surface area contributed by atoms with Crippen LogP contribution in [0.4, 0.5) is 11.4 Å². The predicted octanol–water partition coefficient (Wildman–Crippen LogP) is 1.83. The van der Waals surface area contributed by atoms with Gasteiger partial charge in [-0.3, -0.25) is 14.9 Å². The van der Waals surface area contributed by atoms with Gasteiger partial charge in [-0.25, -0.2) is 0 Å². The van der Waals surface area contributed by atoms with E-state index in [2.05, 4.69) is 5.32 Å². The summed E-state index contributed by atoms with van der Waals surface area (Å²) in [5, 5.41) is 24.4. The smallest absolute Gasteiger partial charge is 0.273 e. The third-order valence-electron chi connectivity index (χ3n) is 3.47. The minimum Gasteiger partial charge on any atom is -0.545 e. The van der Waals surface area contributed by atoms with Gasteiger partial charge in [0.25, 0.3) is 11.6 Å². The molecule has 118 valence electrons. The molecule has 0 spiro atoms. The number of nitro groups is 1. The molecule has 0 aromatic heterocycles. The summed E-state index contributed by atoms with van der Waals surface area (Å²) in [6, 6.07) is 8.41. The predicted molar refractivity (Wildman–Crippen MR) is 81.3 cm³/mol. The molecule has 7 heteroatoms. The second-order valence-corrected chi connectivity index (χ2v) is 4.98. The molecule has 0 heterocycles. The summed E-state index contributed by atoms with van der Waals surface area (Å²) in [4.78, 5) is 33.6. The molecule has 0 radical (unpaired) electrons. The van der Waals surface area contributed by atoms with Crippen LogP contribution in [0.1, 0.15) is 31.8 Å². The topological polar surface area (TPSA) is 112 Å². The lowest BCUT2D eigenvalue weighted by atomic mass is 10.1. The number of nitrogens with one attached hydrogen (secondary N) is 1. The molecule has 0 fully saturated rings. The van der Waals surface area contributed by atoms with Crippen LogP contribution in [0.15, 0.2) is 36.4 Å². The van der Waals surface area contributed by atoms with E-state index in [4.69, 9.17) is 0 Å². The lowest BCUT2D eigenvalue weighted by Crippen LogP contribution is -2.23. The number of nitro benzene ring substituents is 1. The number of aromatic carboxylic acids is 1. The molecule has 23 heavy (non-hydrogen) atoms. The van der Waals surface area contributed by atoms with Crippen molar-refractivity contribution in [3.63, 3.8) is 0 Å². The molecule has 7 nitrogen and oxygen atoms in total. The molecule has 0 aliphatic heterocycles. The number of anilines is 1. The SMILES string of the molecule is Cc1ccc(C(=O)[O-])cc1NC(=O)c1cccc([N+](=O)[O-])c1C. The Balaban J connectivity index is 2.37. The van der Waals surface area contributed by atoms with E-state index in [-0.39, 0.29) is 22.4 Å². The number of hydrogen-bond donors (Lipinski definition) is 1. The summed E-state index contributed by atoms with van der Waals surface area (Å²) >= 11 is 0. The molecule has 0 aliphatic carbocycles. The maximum atomic E-state index is 12.3. The Kier molecular flexibility index (Phi) is 4.40. The fourth-order valence-electron chi connectivity index (χ4n) is 2.14. The van der Waals surface area contributed by atoms with Crippen molar-refractivity contribution in [2.24, 2.45) is 0 Å². The van der Waals surface area contributed by atoms with Gasteiger partial charge in [-0.2, -0.15) is 0 Å². The molecule has 0 aliphatic rings. The van der Waals surface area contributed by atoms with Crippen molar-refractivity contribution in [3.05, 3.63) is 68.8 Å². The summed E-state index contributed by atoms with van der Waals surface area (Å²) in [5.74, 6) is -1.91. The number of rotatable bonds is 4. The maximum Gasteiger partial charge on any atom is 0.273 e. The van der Waals surface area contributed by atoms with E-state index in [0.717, 1.165) is 0 Å². The van der Waals surface area contributed by atoms with E-state index in [1.165, 1.54) is 37.3 Å². The largest absolute Gasteiger partial charge is 0.545 e. The van der Waals surface area contributed by atoms with Crippen LogP contribution in [0.2, 0.25) is 0 Å². The fourth-order valence-corrected chi connectivity index (χ4v) is 2.14. The third-order valence-corrected chi connectivity index (χ3v) is 3.47. The highest BCUT2D eigenvalue weighted by Gasteiger charge is 2.18. The molecule has 0 saturated heterocycles. The highest BCUT2D eigenvalue weighted by molar-refractivity contribution is 6.06. The van der Waals surface area contributed by atoms with Gasteiger partial charge in [0.05, 0.1) is 10.9 Å². The Morgan fingerprint density at radius 2 is 1.83 bits per heavy atom. The highest BCUT2D eigenvalue weighted by Crippen LogP contribution is 2.23. The zero-order valence-corrected chi connectivity index (χ0v) is 12.5. The minimum atomic E-state index is -1.35. The van der Waals surface area contributed by atoms with Crippen molar-refractivity contribution in [3.8, 4) is 0 Å². The van der Waals surface area contributed by atoms with Crippen LogP contribution >= 0.6 is 0 Å². The lowest BCUT2D eigenvalue weighted by molar-refractivity contribution is -0.385. The van der Waals surface area contributed by atoms with Crippen LogP contribution in [0.5, 0.6) is 0 Å². The van der Waals surface area contributed by atoms with E-state index in [0.29, 0.717) is 11.3 Å². The molecule has 2 aromatic rings. The Morgan fingerprint density at radius 1 is 1.13 bits per heavy atom. The van der Waals surface area contributed by atoms with Gasteiger partial charge < -0.3 is 15.2 Å². The Bertz CT molecular complexity index is 814. The van der Waals surface area contributed by atoms with Gasteiger partial charge in [-0.05, 0) is 37.1 Å². The molecule has 0 unspecified atom stereocenters. The first-order valence-electron chi connectivity index (χ1n) is 6.68. The van der Waals surface area contributed by atoms with Crippen LogP contribution in [0, 0.1) is 24.0 Å². The van der Waals surface area contributed by atoms with Crippen molar-refractivity contribution in [2.75, 3.05) is 5.32 Å². The average Bonchev–Trinajstić information content (AvgIpc) is 2.49. The lowest BCUT2D eigenvalue weighted by Gasteiger charge is -2.12. The number of benzene rings is 2. The van der Waals surface area contributed by atoms with E-state index in [1.807, 2.05) is 0 Å². The first-order valence-corrected chi connectivity index (χ1v) is 6.68. The number of hydrogen-bond acceptors (Lipinski definition) is 5. The van der Waals surface area contributed by atoms with Gasteiger partial charge in [-0.15, -0.1) is 0 Å². The second-order valence-electron chi connectivity index (χ2n) is 4.98. The van der Waals surface area contributed by atoms with E-state index in [9.17, 15) is 24.8 Å². The Morgan fingerprint density at radius 3 is 2.43 bits per heavy atom. The van der Waals surface area contributed by atoms with Gasteiger partial charge in [0.1, 0.15) is 0 Å². The Labute approximate surface area is 131 Å². The van der Waals surface area contributed by atoms with Crippen molar-refractivity contribution in [1.82, 2.24) is 0 Å². The average molecular weight is 313 g/mol. The first-order chi connectivity index (χ1) is 10.8. The van der Waals surface area contributed by atoms with E-state index >= 15 is 0 Å². The molecule has 1 amide bonds. The molecular formula is C16H13N2O5-. The third kappa shape index (κ3) is 3.34. The van der Waals surface area contributed by atoms with Crippen LogP contribution in [0.3, 0.4) is 0 Å². The number of carbonyl (C=O) groups is 2. The van der Waals surface area contributed by atoms with Crippen molar-refractivity contribution >= 4 is 23.3 Å². The maximum absolute atomic E-state index is 12.3. The number of aryl methyl sites for hydroxylation is 1.